The molecule has 1 aromatic carbocycles. The van der Waals surface area contributed by atoms with Crippen molar-refractivity contribution in [1.82, 2.24) is 10.2 Å². The summed E-state index contributed by atoms with van der Waals surface area (Å²) in [5.41, 5.74) is 7.32. The fourth-order valence-corrected chi connectivity index (χ4v) is 1.50. The van der Waals surface area contributed by atoms with E-state index in [4.69, 9.17) is 22.7 Å². The molecule has 2 rings (SSSR count). The highest BCUT2D eigenvalue weighted by Crippen LogP contribution is 2.25. The maximum atomic E-state index is 7.24. The first-order valence-electron chi connectivity index (χ1n) is 4.33. The number of hydrogen-bond donors (Lipinski definition) is 3. The van der Waals surface area contributed by atoms with E-state index in [0.29, 0.717) is 16.4 Å². The Kier molecular flexibility index (Phi) is 2.43. The van der Waals surface area contributed by atoms with Gasteiger partial charge in [-0.3, -0.25) is 10.5 Å². The van der Waals surface area contributed by atoms with Crippen LogP contribution in [0.15, 0.2) is 30.3 Å². The number of nitrogens with two attached hydrogens (primary N) is 1. The van der Waals surface area contributed by atoms with E-state index in [1.165, 1.54) is 0 Å². The molecular weight excluding hydrogens is 212 g/mol. The molecule has 15 heavy (non-hydrogen) atoms. The van der Waals surface area contributed by atoms with Crippen molar-refractivity contribution in [2.45, 2.75) is 0 Å². The molecule has 0 aliphatic carbocycles. The van der Waals surface area contributed by atoms with Crippen LogP contribution in [0, 0.1) is 5.41 Å². The number of rotatable bonds is 2. The maximum Gasteiger partial charge on any atom is 0.141 e. The van der Waals surface area contributed by atoms with Gasteiger partial charge in [-0.1, -0.05) is 29.8 Å². The number of nitrogens with one attached hydrogen (secondary N) is 2. The third kappa shape index (κ3) is 1.85. The lowest BCUT2D eigenvalue weighted by Crippen LogP contribution is -2.11. The Morgan fingerprint density at radius 3 is 2.73 bits per heavy atom. The van der Waals surface area contributed by atoms with Crippen LogP contribution in [0.1, 0.15) is 5.69 Å². The minimum Gasteiger partial charge on any atom is -0.382 e. The Morgan fingerprint density at radius 1 is 1.40 bits per heavy atom. The van der Waals surface area contributed by atoms with E-state index in [9.17, 15) is 0 Å². The molecule has 5 heteroatoms. The minimum atomic E-state index is -0.0409. The molecular formula is C10H9ClN4. The summed E-state index contributed by atoms with van der Waals surface area (Å²) in [7, 11) is 0. The minimum absolute atomic E-state index is 0.0409. The second-order valence-electron chi connectivity index (χ2n) is 3.06. The highest BCUT2D eigenvalue weighted by Gasteiger charge is 2.07. The summed E-state index contributed by atoms with van der Waals surface area (Å²) in [6.07, 6.45) is 0. The summed E-state index contributed by atoms with van der Waals surface area (Å²) in [4.78, 5) is 0. The van der Waals surface area contributed by atoms with Crippen molar-refractivity contribution in [2.75, 3.05) is 0 Å². The number of H-pyrrole nitrogens is 1. The highest BCUT2D eigenvalue weighted by atomic mass is 35.5. The topological polar surface area (TPSA) is 78.6 Å². The number of halogens is 1. The zero-order valence-corrected chi connectivity index (χ0v) is 8.55. The second-order valence-corrected chi connectivity index (χ2v) is 3.47. The van der Waals surface area contributed by atoms with E-state index < -0.39 is 0 Å². The molecule has 0 aliphatic rings. The van der Waals surface area contributed by atoms with Gasteiger partial charge in [0.25, 0.3) is 0 Å². The number of nitrogens with zero attached hydrogens (tertiary/aromatic N) is 1. The van der Waals surface area contributed by atoms with E-state index >= 15 is 0 Å². The van der Waals surface area contributed by atoms with Crippen molar-refractivity contribution >= 4 is 17.4 Å². The molecule has 1 aromatic heterocycles. The lowest BCUT2D eigenvalue weighted by Gasteiger charge is -1.97. The van der Waals surface area contributed by atoms with Crippen molar-refractivity contribution in [3.63, 3.8) is 0 Å². The van der Waals surface area contributed by atoms with Crippen LogP contribution in [-0.2, 0) is 0 Å². The van der Waals surface area contributed by atoms with Crippen LogP contribution in [-0.4, -0.2) is 16.0 Å². The molecule has 0 saturated carbocycles. The molecule has 4 nitrogen and oxygen atoms in total. The summed E-state index contributed by atoms with van der Waals surface area (Å²) in [5, 5.41) is 14.6. The van der Waals surface area contributed by atoms with Gasteiger partial charge in [-0.15, -0.1) is 0 Å². The molecule has 0 fully saturated rings. The molecule has 2 aromatic rings. The van der Waals surface area contributed by atoms with Gasteiger partial charge < -0.3 is 5.73 Å². The maximum absolute atomic E-state index is 7.24. The van der Waals surface area contributed by atoms with Gasteiger partial charge in [-0.2, -0.15) is 5.10 Å². The number of nitrogen functional groups attached to an aromatic ring is 1. The van der Waals surface area contributed by atoms with Gasteiger partial charge in [0.2, 0.25) is 0 Å². The molecule has 0 bridgehead atoms. The number of aromatic amines is 1. The zero-order chi connectivity index (χ0) is 10.8. The lowest BCUT2D eigenvalue weighted by atomic mass is 10.1. The third-order valence-corrected chi connectivity index (χ3v) is 2.35. The predicted molar refractivity (Wildman–Crippen MR) is 60.0 cm³/mol. The first-order valence-corrected chi connectivity index (χ1v) is 4.71. The molecule has 0 spiro atoms. The second kappa shape index (κ2) is 3.74. The summed E-state index contributed by atoms with van der Waals surface area (Å²) in [6, 6.07) is 9.08. The van der Waals surface area contributed by atoms with E-state index in [1.807, 2.05) is 18.2 Å². The highest BCUT2D eigenvalue weighted by molar-refractivity contribution is 6.33. The van der Waals surface area contributed by atoms with Crippen LogP contribution in [0.3, 0.4) is 0 Å². The molecule has 0 unspecified atom stereocenters. The van der Waals surface area contributed by atoms with Crippen molar-refractivity contribution < 1.29 is 0 Å². The lowest BCUT2D eigenvalue weighted by molar-refractivity contribution is 1.08. The fraction of sp³-hybridized carbons (Fsp3) is 0. The Bertz CT molecular complexity index is 504. The van der Waals surface area contributed by atoms with Crippen molar-refractivity contribution in [3.8, 4) is 11.3 Å². The number of benzene rings is 1. The van der Waals surface area contributed by atoms with Gasteiger partial charge in [0.05, 0.1) is 16.4 Å². The number of hydrogen-bond acceptors (Lipinski definition) is 2. The molecule has 4 N–H and O–H groups in total. The van der Waals surface area contributed by atoms with Gasteiger partial charge in [0, 0.05) is 5.56 Å². The Hall–Kier alpha value is -1.81. The monoisotopic (exact) mass is 220 g/mol. The number of amidine groups is 1. The smallest absolute Gasteiger partial charge is 0.141 e. The van der Waals surface area contributed by atoms with Gasteiger partial charge in [0.15, 0.2) is 0 Å². The van der Waals surface area contributed by atoms with E-state index in [1.54, 1.807) is 12.1 Å². The zero-order valence-electron chi connectivity index (χ0n) is 7.79. The van der Waals surface area contributed by atoms with Gasteiger partial charge in [0.1, 0.15) is 5.84 Å². The predicted octanol–water partition coefficient (Wildman–Crippen LogP) is 2.01. The van der Waals surface area contributed by atoms with Crippen molar-refractivity contribution in [2.24, 2.45) is 5.73 Å². The summed E-state index contributed by atoms with van der Waals surface area (Å²) in [5.74, 6) is -0.0409. The Morgan fingerprint density at radius 2 is 2.13 bits per heavy atom. The molecule has 0 aliphatic heterocycles. The molecule has 0 radical (unpaired) electrons. The average Bonchev–Trinajstić information content (AvgIpc) is 2.67. The Labute approximate surface area is 91.6 Å². The standard InChI is InChI=1S/C10H9ClN4/c11-7-4-2-1-3-6(7)8-5-9(10(12)13)15-14-8/h1-5H,(H3,12,13)(H,14,15). The van der Waals surface area contributed by atoms with Crippen LogP contribution >= 0.6 is 11.6 Å². The molecule has 1 heterocycles. The summed E-state index contributed by atoms with van der Waals surface area (Å²) >= 11 is 6.01. The fourth-order valence-electron chi connectivity index (χ4n) is 1.27. The third-order valence-electron chi connectivity index (χ3n) is 2.02. The molecule has 76 valence electrons. The van der Waals surface area contributed by atoms with Crippen molar-refractivity contribution in [1.29, 1.82) is 5.41 Å². The van der Waals surface area contributed by atoms with Crippen LogP contribution < -0.4 is 5.73 Å². The average molecular weight is 221 g/mol. The molecule has 0 atom stereocenters. The van der Waals surface area contributed by atoms with Crippen LogP contribution in [0.5, 0.6) is 0 Å². The van der Waals surface area contributed by atoms with Gasteiger partial charge in [-0.05, 0) is 12.1 Å². The summed E-state index contributed by atoms with van der Waals surface area (Å²) in [6.45, 7) is 0. The van der Waals surface area contributed by atoms with Crippen LogP contribution in [0.25, 0.3) is 11.3 Å². The van der Waals surface area contributed by atoms with Crippen LogP contribution in [0.4, 0.5) is 0 Å². The van der Waals surface area contributed by atoms with E-state index in [-0.39, 0.29) is 5.84 Å². The van der Waals surface area contributed by atoms with Gasteiger partial charge >= 0.3 is 0 Å². The number of aromatic nitrogens is 2. The largest absolute Gasteiger partial charge is 0.382 e. The quantitative estimate of drug-likeness (QED) is 0.535. The van der Waals surface area contributed by atoms with E-state index in [2.05, 4.69) is 10.2 Å². The normalized spacial score (nSPS) is 10.2. The van der Waals surface area contributed by atoms with Crippen molar-refractivity contribution in [3.05, 3.63) is 41.0 Å². The van der Waals surface area contributed by atoms with Gasteiger partial charge in [-0.25, -0.2) is 0 Å². The Balaban J connectivity index is 2.46. The first kappa shape index (κ1) is 9.73. The molecule has 0 amide bonds. The van der Waals surface area contributed by atoms with Crippen LogP contribution in [0.2, 0.25) is 5.02 Å². The molecule has 0 saturated heterocycles. The SMILES string of the molecule is N=C(N)c1cc(-c2ccccc2Cl)n[nH]1. The summed E-state index contributed by atoms with van der Waals surface area (Å²) < 4.78 is 0. The first-order chi connectivity index (χ1) is 7.18. The van der Waals surface area contributed by atoms with E-state index in [0.717, 1.165) is 5.56 Å².